The number of hydrogen-bond donors (Lipinski definition) is 5. The number of ketones is 1. The van der Waals surface area contributed by atoms with Crippen LogP contribution in [0.25, 0.3) is 0 Å². The predicted octanol–water partition coefficient (Wildman–Crippen LogP) is 1.28. The maximum absolute atomic E-state index is 13.1. The van der Waals surface area contributed by atoms with Crippen molar-refractivity contribution < 1.29 is 30.3 Å². The molecule has 3 saturated carbocycles. The van der Waals surface area contributed by atoms with E-state index in [4.69, 9.17) is 5.11 Å². The van der Waals surface area contributed by atoms with E-state index < -0.39 is 34.7 Å². The predicted molar refractivity (Wildman–Crippen MR) is 115 cm³/mol. The second-order valence-electron chi connectivity index (χ2n) is 10.5. The Labute approximate surface area is 182 Å². The van der Waals surface area contributed by atoms with Crippen LogP contribution in [-0.2, 0) is 4.79 Å². The molecule has 30 heavy (non-hydrogen) atoms. The third kappa shape index (κ3) is 3.15. The zero-order chi connectivity index (χ0) is 21.9. The zero-order valence-corrected chi connectivity index (χ0v) is 18.8. The molecule has 2 unspecified atom stereocenters. The average Bonchev–Trinajstić information content (AvgIpc) is 2.96. The molecular weight excluding hydrogens is 404 g/mol. The van der Waals surface area contributed by atoms with Crippen LogP contribution in [0, 0.1) is 28.6 Å². The van der Waals surface area contributed by atoms with Crippen molar-refractivity contribution in [1.82, 2.24) is 0 Å². The fraction of sp³-hybridized carbons (Fsp3) is 0.870. The van der Waals surface area contributed by atoms with Gasteiger partial charge < -0.3 is 25.5 Å². The van der Waals surface area contributed by atoms with Crippen LogP contribution in [0.1, 0.15) is 52.4 Å². The van der Waals surface area contributed by atoms with E-state index in [-0.39, 0.29) is 36.6 Å². The minimum atomic E-state index is -1.13. The van der Waals surface area contributed by atoms with Crippen molar-refractivity contribution >= 4 is 17.5 Å². The Morgan fingerprint density at radius 2 is 1.90 bits per heavy atom. The molecule has 5 N–H and O–H groups in total. The Hall–Kier alpha value is -0.440. The lowest BCUT2D eigenvalue weighted by Crippen LogP contribution is -2.61. The monoisotopic (exact) mass is 440 g/mol. The summed E-state index contributed by atoms with van der Waals surface area (Å²) in [4.78, 5) is 13.1. The van der Waals surface area contributed by atoms with Gasteiger partial charge in [0.05, 0.1) is 30.5 Å². The molecule has 0 aliphatic heterocycles. The van der Waals surface area contributed by atoms with Crippen LogP contribution >= 0.6 is 11.8 Å². The lowest BCUT2D eigenvalue weighted by Gasteiger charge is -2.60. The minimum absolute atomic E-state index is 0.0000757. The third-order valence-electron chi connectivity index (χ3n) is 9.18. The molecule has 0 heterocycles. The summed E-state index contributed by atoms with van der Waals surface area (Å²) < 4.78 is 0. The molecule has 0 saturated heterocycles. The molecular formula is C23H36O6S. The van der Waals surface area contributed by atoms with Crippen molar-refractivity contribution in [3.05, 3.63) is 11.6 Å². The molecule has 4 aliphatic rings. The Balaban J connectivity index is 1.65. The lowest BCUT2D eigenvalue weighted by molar-refractivity contribution is -0.154. The summed E-state index contributed by atoms with van der Waals surface area (Å²) in [5, 5.41) is 52.4. The van der Waals surface area contributed by atoms with Crippen LogP contribution in [0.3, 0.4) is 0 Å². The highest BCUT2D eigenvalue weighted by molar-refractivity contribution is 7.99. The number of allylic oxidation sites excluding steroid dienone is 1. The van der Waals surface area contributed by atoms with E-state index in [0.29, 0.717) is 30.8 Å². The van der Waals surface area contributed by atoms with Crippen molar-refractivity contribution in [2.75, 3.05) is 18.1 Å². The Morgan fingerprint density at radius 3 is 2.60 bits per heavy atom. The van der Waals surface area contributed by atoms with E-state index in [2.05, 4.69) is 6.92 Å². The third-order valence-corrected chi connectivity index (χ3v) is 10.2. The molecule has 7 heteroatoms. The molecule has 0 aromatic rings. The molecule has 0 spiro atoms. The molecule has 4 aliphatic carbocycles. The van der Waals surface area contributed by atoms with E-state index in [1.165, 1.54) is 11.8 Å². The largest absolute Gasteiger partial charge is 0.396 e. The highest BCUT2D eigenvalue weighted by Gasteiger charge is 2.67. The van der Waals surface area contributed by atoms with Crippen molar-refractivity contribution in [3.63, 3.8) is 0 Å². The summed E-state index contributed by atoms with van der Waals surface area (Å²) in [6.07, 6.45) is 2.79. The van der Waals surface area contributed by atoms with Crippen LogP contribution in [0.2, 0.25) is 0 Å². The van der Waals surface area contributed by atoms with Gasteiger partial charge in [-0.05, 0) is 67.4 Å². The number of carbonyl (C=O) groups is 1. The van der Waals surface area contributed by atoms with Crippen molar-refractivity contribution in [1.29, 1.82) is 0 Å². The van der Waals surface area contributed by atoms with Crippen molar-refractivity contribution in [2.45, 2.75) is 76.3 Å². The number of rotatable bonds is 5. The maximum atomic E-state index is 13.1. The summed E-state index contributed by atoms with van der Waals surface area (Å²) in [6.45, 7) is 4.18. The molecule has 0 aromatic carbocycles. The molecule has 0 radical (unpaired) electrons. The van der Waals surface area contributed by atoms with Crippen molar-refractivity contribution in [3.8, 4) is 0 Å². The second kappa shape index (κ2) is 7.85. The first-order chi connectivity index (χ1) is 14.1. The van der Waals surface area contributed by atoms with Crippen LogP contribution in [0.5, 0.6) is 0 Å². The van der Waals surface area contributed by atoms with Gasteiger partial charge >= 0.3 is 0 Å². The maximum Gasteiger partial charge on any atom is 0.159 e. The summed E-state index contributed by atoms with van der Waals surface area (Å²) >= 11 is 1.52. The standard InChI is InChI=1S/C23H36O6S/c1-21-11-19(27)18(26)10-16(21)17(25)9-15-13(21)3-5-22(2)14(4-6-23(15,22)29)20(28)12-30-8-7-24/h9,13-14,16,18-20,24,26-29H,3-8,10-12H2,1-2H3/t13?,14-,16+,18-,19+,20?,21-,22-,23-/m1/s1. The molecule has 9 atom stereocenters. The van der Waals surface area contributed by atoms with Crippen LogP contribution < -0.4 is 0 Å². The molecule has 0 bridgehead atoms. The fourth-order valence-corrected chi connectivity index (χ4v) is 8.18. The first-order valence-electron chi connectivity index (χ1n) is 11.3. The van der Waals surface area contributed by atoms with Crippen LogP contribution in [0.4, 0.5) is 0 Å². The number of aliphatic hydroxyl groups is 5. The molecule has 6 nitrogen and oxygen atoms in total. The Bertz CT molecular complexity index is 726. The summed E-state index contributed by atoms with van der Waals surface area (Å²) in [7, 11) is 0. The molecule has 0 amide bonds. The quantitative estimate of drug-likeness (QED) is 0.409. The minimum Gasteiger partial charge on any atom is -0.396 e. The lowest BCUT2D eigenvalue weighted by atomic mass is 9.46. The fourth-order valence-electron chi connectivity index (χ4n) is 7.41. The van der Waals surface area contributed by atoms with Gasteiger partial charge in [0.15, 0.2) is 5.78 Å². The molecule has 4 rings (SSSR count). The second-order valence-corrected chi connectivity index (χ2v) is 11.7. The first kappa shape index (κ1) is 22.7. The van der Waals surface area contributed by atoms with Gasteiger partial charge in [-0.1, -0.05) is 13.8 Å². The summed E-state index contributed by atoms with van der Waals surface area (Å²) in [6, 6.07) is 0. The van der Waals surface area contributed by atoms with E-state index in [0.717, 1.165) is 18.4 Å². The first-order valence-corrected chi connectivity index (χ1v) is 12.4. The molecule has 3 fully saturated rings. The van der Waals surface area contributed by atoms with Gasteiger partial charge in [0.1, 0.15) is 0 Å². The van der Waals surface area contributed by atoms with Gasteiger partial charge in [-0.15, -0.1) is 0 Å². The normalized spacial score (nSPS) is 49.1. The number of fused-ring (bicyclic) bond motifs is 5. The summed E-state index contributed by atoms with van der Waals surface area (Å²) in [5.41, 5.74) is -1.32. The van der Waals surface area contributed by atoms with Gasteiger partial charge in [0.25, 0.3) is 0 Å². The van der Waals surface area contributed by atoms with Gasteiger partial charge in [-0.2, -0.15) is 11.8 Å². The smallest absolute Gasteiger partial charge is 0.159 e. The van der Waals surface area contributed by atoms with E-state index in [1.807, 2.05) is 6.92 Å². The zero-order valence-electron chi connectivity index (χ0n) is 18.0. The number of hydrogen-bond acceptors (Lipinski definition) is 7. The van der Waals surface area contributed by atoms with E-state index >= 15 is 0 Å². The van der Waals surface area contributed by atoms with Gasteiger partial charge in [-0.25, -0.2) is 0 Å². The summed E-state index contributed by atoms with van der Waals surface area (Å²) in [5.74, 6) is 0.683. The van der Waals surface area contributed by atoms with Gasteiger partial charge in [-0.3, -0.25) is 4.79 Å². The Morgan fingerprint density at radius 1 is 1.17 bits per heavy atom. The number of thioether (sulfide) groups is 1. The van der Waals surface area contributed by atoms with E-state index in [1.54, 1.807) is 6.08 Å². The van der Waals surface area contributed by atoms with Gasteiger partial charge in [0, 0.05) is 22.8 Å². The highest BCUT2D eigenvalue weighted by atomic mass is 32.2. The van der Waals surface area contributed by atoms with Gasteiger partial charge in [0.2, 0.25) is 0 Å². The molecule has 0 aromatic heterocycles. The average molecular weight is 441 g/mol. The molecule has 170 valence electrons. The number of carbonyl (C=O) groups excluding carboxylic acids is 1. The van der Waals surface area contributed by atoms with E-state index in [9.17, 15) is 25.2 Å². The van der Waals surface area contributed by atoms with Crippen LogP contribution in [-0.4, -0.2) is 73.3 Å². The highest BCUT2D eigenvalue weighted by Crippen LogP contribution is 2.67. The SMILES string of the molecule is C[C@]12C[C@H](O)[C@H](O)C[C@H]1C(=O)C=C1C2CC[C@]2(C)[C@@H](C(O)CSCCO)CC[C@@]12O. The van der Waals surface area contributed by atoms with Crippen LogP contribution in [0.15, 0.2) is 11.6 Å². The van der Waals surface area contributed by atoms with Crippen molar-refractivity contribution in [2.24, 2.45) is 28.6 Å². The topological polar surface area (TPSA) is 118 Å². The number of aliphatic hydroxyl groups excluding tert-OH is 4. The Kier molecular flexibility index (Phi) is 5.95.